The molecule has 0 bridgehead atoms. The topological polar surface area (TPSA) is 44.9 Å². The fraction of sp³-hybridized carbons (Fsp3) is 0.214. The summed E-state index contributed by atoms with van der Waals surface area (Å²) in [6.07, 6.45) is 3.24. The lowest BCUT2D eigenvalue weighted by molar-refractivity contribution is 0.570. The lowest BCUT2D eigenvalue weighted by atomic mass is 10.2. The number of benzene rings is 1. The summed E-state index contributed by atoms with van der Waals surface area (Å²) in [5.41, 5.74) is 0.574. The molecule has 0 saturated heterocycles. The van der Waals surface area contributed by atoms with Gasteiger partial charge in [-0.25, -0.2) is 13.8 Å². The lowest BCUT2D eigenvalue weighted by Crippen LogP contribution is -2.25. The average molecular weight is 275 g/mol. The second kappa shape index (κ2) is 5.70. The Morgan fingerprint density at radius 2 is 2.05 bits per heavy atom. The van der Waals surface area contributed by atoms with Gasteiger partial charge in [0.1, 0.15) is 5.69 Å². The normalized spacial score (nSPS) is 10.3. The Morgan fingerprint density at radius 1 is 1.40 bits per heavy atom. The number of rotatable bonds is 4. The standard InChI is InChI=1S/C14H13F2N4/c1-3-20(8-11-7-18-9-19(11)2)14-12(15)4-10(6-17)5-13(14)16/h4-5,7,9H,1,3,8H2,2H3. The fourth-order valence-electron chi connectivity index (χ4n) is 1.93. The molecule has 0 aliphatic rings. The van der Waals surface area contributed by atoms with Crippen molar-refractivity contribution >= 4 is 5.69 Å². The van der Waals surface area contributed by atoms with Gasteiger partial charge in [0.15, 0.2) is 11.6 Å². The van der Waals surface area contributed by atoms with Crippen molar-refractivity contribution in [1.82, 2.24) is 9.55 Å². The minimum absolute atomic E-state index is 0.0479. The number of imidazole rings is 1. The van der Waals surface area contributed by atoms with Gasteiger partial charge in [-0.2, -0.15) is 5.26 Å². The van der Waals surface area contributed by atoms with E-state index in [1.165, 1.54) is 4.90 Å². The summed E-state index contributed by atoms with van der Waals surface area (Å²) in [6, 6.07) is 3.76. The van der Waals surface area contributed by atoms with Gasteiger partial charge < -0.3 is 9.47 Å². The number of hydrogen-bond donors (Lipinski definition) is 0. The molecule has 6 heteroatoms. The molecule has 1 radical (unpaired) electrons. The Bertz CT molecular complexity index is 634. The first-order valence-corrected chi connectivity index (χ1v) is 5.95. The van der Waals surface area contributed by atoms with Crippen LogP contribution >= 0.6 is 0 Å². The van der Waals surface area contributed by atoms with Crippen molar-refractivity contribution in [2.24, 2.45) is 7.05 Å². The molecule has 1 aromatic carbocycles. The van der Waals surface area contributed by atoms with Crippen molar-refractivity contribution in [2.45, 2.75) is 6.54 Å². The van der Waals surface area contributed by atoms with E-state index in [2.05, 4.69) is 11.9 Å². The molecule has 2 rings (SSSR count). The number of anilines is 1. The number of halogens is 2. The van der Waals surface area contributed by atoms with Crippen molar-refractivity contribution < 1.29 is 8.78 Å². The van der Waals surface area contributed by atoms with Gasteiger partial charge in [-0.15, -0.1) is 0 Å². The highest BCUT2D eigenvalue weighted by molar-refractivity contribution is 5.53. The number of aryl methyl sites for hydroxylation is 1. The molecule has 20 heavy (non-hydrogen) atoms. The second-order valence-corrected chi connectivity index (χ2v) is 4.32. The van der Waals surface area contributed by atoms with E-state index in [1.54, 1.807) is 30.2 Å². The maximum Gasteiger partial charge on any atom is 0.150 e. The SMILES string of the molecule is [CH2]CN(Cc1cncn1C)c1c(F)cc(C#N)cc1F. The second-order valence-electron chi connectivity index (χ2n) is 4.32. The maximum atomic E-state index is 14.0. The minimum Gasteiger partial charge on any atom is -0.361 e. The van der Waals surface area contributed by atoms with E-state index in [9.17, 15) is 8.78 Å². The Morgan fingerprint density at radius 3 is 2.50 bits per heavy atom. The van der Waals surface area contributed by atoms with Gasteiger partial charge in [0.2, 0.25) is 0 Å². The molecule has 0 saturated carbocycles. The highest BCUT2D eigenvalue weighted by atomic mass is 19.1. The molecule has 103 valence electrons. The third-order valence-electron chi connectivity index (χ3n) is 3.00. The summed E-state index contributed by atoms with van der Waals surface area (Å²) < 4.78 is 29.7. The summed E-state index contributed by atoms with van der Waals surface area (Å²) in [7, 11) is 1.80. The first-order valence-electron chi connectivity index (χ1n) is 5.95. The first kappa shape index (κ1) is 14.0. The van der Waals surface area contributed by atoms with Crippen LogP contribution in [-0.4, -0.2) is 16.1 Å². The molecule has 1 heterocycles. The van der Waals surface area contributed by atoms with Crippen LogP contribution in [0.5, 0.6) is 0 Å². The van der Waals surface area contributed by atoms with Gasteiger partial charge in [-0.1, -0.05) is 0 Å². The molecule has 0 amide bonds. The van der Waals surface area contributed by atoms with Gasteiger partial charge in [0.05, 0.1) is 30.2 Å². The van der Waals surface area contributed by atoms with E-state index in [-0.39, 0.29) is 24.3 Å². The van der Waals surface area contributed by atoms with Gasteiger partial charge >= 0.3 is 0 Å². The predicted molar refractivity (Wildman–Crippen MR) is 70.7 cm³/mol. The van der Waals surface area contributed by atoms with Gasteiger partial charge in [0.25, 0.3) is 0 Å². The quantitative estimate of drug-likeness (QED) is 0.860. The third-order valence-corrected chi connectivity index (χ3v) is 3.00. The van der Waals surface area contributed by atoms with Crippen molar-refractivity contribution in [2.75, 3.05) is 11.4 Å². The highest BCUT2D eigenvalue weighted by Crippen LogP contribution is 2.26. The number of aromatic nitrogens is 2. The Kier molecular flexibility index (Phi) is 3.99. The largest absolute Gasteiger partial charge is 0.361 e. The third kappa shape index (κ3) is 2.62. The Balaban J connectivity index is 2.38. The molecule has 0 fully saturated rings. The van der Waals surface area contributed by atoms with Crippen LogP contribution in [0.3, 0.4) is 0 Å². The predicted octanol–water partition coefficient (Wildman–Crippen LogP) is 2.41. The lowest BCUT2D eigenvalue weighted by Gasteiger charge is -2.24. The van der Waals surface area contributed by atoms with Crippen LogP contribution in [0.4, 0.5) is 14.5 Å². The maximum absolute atomic E-state index is 14.0. The Hall–Kier alpha value is -2.42. The minimum atomic E-state index is -0.771. The zero-order valence-corrected chi connectivity index (χ0v) is 11.0. The number of hydrogen-bond acceptors (Lipinski definition) is 3. The van der Waals surface area contributed by atoms with E-state index < -0.39 is 11.6 Å². The molecule has 0 aliphatic heterocycles. The molecule has 0 N–H and O–H groups in total. The van der Waals surface area contributed by atoms with Crippen LogP contribution < -0.4 is 4.90 Å². The monoisotopic (exact) mass is 275 g/mol. The molecule has 0 spiro atoms. The zero-order chi connectivity index (χ0) is 14.7. The van der Waals surface area contributed by atoms with Crippen molar-refractivity contribution in [3.8, 4) is 6.07 Å². The van der Waals surface area contributed by atoms with Gasteiger partial charge in [-0.05, 0) is 19.1 Å². The van der Waals surface area contributed by atoms with E-state index >= 15 is 0 Å². The smallest absolute Gasteiger partial charge is 0.150 e. The molecule has 0 atom stereocenters. The van der Waals surface area contributed by atoms with Crippen LogP contribution in [0.2, 0.25) is 0 Å². The first-order chi connectivity index (χ1) is 9.56. The summed E-state index contributed by atoms with van der Waals surface area (Å²) in [4.78, 5) is 5.42. The summed E-state index contributed by atoms with van der Waals surface area (Å²) >= 11 is 0. The van der Waals surface area contributed by atoms with Crippen molar-refractivity contribution in [3.63, 3.8) is 0 Å². The number of nitriles is 1. The summed E-state index contributed by atoms with van der Waals surface area (Å²) in [5, 5.41) is 8.70. The molecule has 2 aromatic rings. The van der Waals surface area contributed by atoms with Crippen LogP contribution in [0.25, 0.3) is 0 Å². The molecular weight excluding hydrogens is 262 g/mol. The molecule has 0 unspecified atom stereocenters. The molecule has 0 aliphatic carbocycles. The van der Waals surface area contributed by atoms with Crippen molar-refractivity contribution in [3.05, 3.63) is 54.5 Å². The zero-order valence-electron chi connectivity index (χ0n) is 11.0. The summed E-state index contributed by atoms with van der Waals surface area (Å²) in [6.45, 7) is 4.16. The van der Waals surface area contributed by atoms with E-state index in [0.717, 1.165) is 17.8 Å². The van der Waals surface area contributed by atoms with Gasteiger partial charge in [0, 0.05) is 19.8 Å². The average Bonchev–Trinajstić information content (AvgIpc) is 2.82. The molecule has 1 aromatic heterocycles. The van der Waals surface area contributed by atoms with Gasteiger partial charge in [-0.3, -0.25) is 0 Å². The number of nitrogens with zero attached hydrogens (tertiary/aromatic N) is 4. The summed E-state index contributed by atoms with van der Waals surface area (Å²) in [5.74, 6) is -1.54. The van der Waals surface area contributed by atoms with Crippen molar-refractivity contribution in [1.29, 1.82) is 5.26 Å². The highest BCUT2D eigenvalue weighted by Gasteiger charge is 2.18. The van der Waals surface area contributed by atoms with Crippen LogP contribution in [-0.2, 0) is 13.6 Å². The fourth-order valence-corrected chi connectivity index (χ4v) is 1.93. The van der Waals surface area contributed by atoms with E-state index in [4.69, 9.17) is 5.26 Å². The van der Waals surface area contributed by atoms with Crippen LogP contribution in [0, 0.1) is 29.9 Å². The van der Waals surface area contributed by atoms with E-state index in [1.807, 2.05) is 0 Å². The molecule has 4 nitrogen and oxygen atoms in total. The van der Waals surface area contributed by atoms with E-state index in [0.29, 0.717) is 0 Å². The molecular formula is C14H13F2N4. The Labute approximate surface area is 115 Å². The van der Waals surface area contributed by atoms with Crippen LogP contribution in [0.1, 0.15) is 11.3 Å². The van der Waals surface area contributed by atoms with Crippen LogP contribution in [0.15, 0.2) is 24.7 Å².